The zero-order valence-electron chi connectivity index (χ0n) is 16.6. The summed E-state index contributed by atoms with van der Waals surface area (Å²) >= 11 is 6.17. The van der Waals surface area contributed by atoms with Gasteiger partial charge >= 0.3 is 0 Å². The quantitative estimate of drug-likeness (QED) is 0.566. The number of nitrogens with zero attached hydrogens (tertiary/aromatic N) is 2. The molecule has 0 aliphatic rings. The molecule has 0 saturated carbocycles. The predicted molar refractivity (Wildman–Crippen MR) is 114 cm³/mol. The molecule has 146 valence electrons. The van der Waals surface area contributed by atoms with Crippen molar-refractivity contribution in [2.45, 2.75) is 20.8 Å². The molecule has 7 heteroatoms. The van der Waals surface area contributed by atoms with E-state index < -0.39 is 0 Å². The molecule has 0 amide bonds. The minimum atomic E-state index is 0.439. The van der Waals surface area contributed by atoms with E-state index in [1.165, 1.54) is 11.1 Å². The van der Waals surface area contributed by atoms with Gasteiger partial charge in [-0.1, -0.05) is 17.7 Å². The fourth-order valence-corrected chi connectivity index (χ4v) is 2.96. The first-order chi connectivity index (χ1) is 13.4. The predicted octanol–water partition coefficient (Wildman–Crippen LogP) is 5.56. The number of nitrogens with one attached hydrogen (secondary N) is 2. The summed E-state index contributed by atoms with van der Waals surface area (Å²) in [6, 6.07) is 11.5. The van der Waals surface area contributed by atoms with Gasteiger partial charge in [0, 0.05) is 29.6 Å². The van der Waals surface area contributed by atoms with Gasteiger partial charge in [0.05, 0.1) is 24.9 Å². The Hall–Kier alpha value is -2.99. The van der Waals surface area contributed by atoms with E-state index >= 15 is 0 Å². The van der Waals surface area contributed by atoms with Crippen molar-refractivity contribution in [2.24, 2.45) is 0 Å². The maximum Gasteiger partial charge on any atom is 0.229 e. The normalized spacial score (nSPS) is 10.5. The Morgan fingerprint density at radius 3 is 2.25 bits per heavy atom. The summed E-state index contributed by atoms with van der Waals surface area (Å²) in [7, 11) is 3.14. The Morgan fingerprint density at radius 1 is 0.821 bits per heavy atom. The summed E-state index contributed by atoms with van der Waals surface area (Å²) in [5.74, 6) is 2.23. The van der Waals surface area contributed by atoms with Gasteiger partial charge in [-0.05, 0) is 44.0 Å². The number of aromatic nitrogens is 2. The average Bonchev–Trinajstić information content (AvgIpc) is 2.65. The van der Waals surface area contributed by atoms with Crippen LogP contribution in [0.4, 0.5) is 23.1 Å². The van der Waals surface area contributed by atoms with Crippen molar-refractivity contribution in [3.8, 4) is 11.5 Å². The second-order valence-corrected chi connectivity index (χ2v) is 6.86. The molecule has 2 aromatic carbocycles. The van der Waals surface area contributed by atoms with Crippen LogP contribution in [0.15, 0.2) is 36.4 Å². The van der Waals surface area contributed by atoms with Crippen LogP contribution in [0.1, 0.15) is 16.8 Å². The first-order valence-corrected chi connectivity index (χ1v) is 9.16. The van der Waals surface area contributed by atoms with Crippen LogP contribution in [-0.2, 0) is 0 Å². The van der Waals surface area contributed by atoms with Gasteiger partial charge in [-0.15, -0.1) is 0 Å². The summed E-state index contributed by atoms with van der Waals surface area (Å²) in [5, 5.41) is 6.98. The number of rotatable bonds is 6. The Balaban J connectivity index is 1.90. The van der Waals surface area contributed by atoms with E-state index in [4.69, 9.17) is 21.1 Å². The number of aryl methyl sites for hydroxylation is 3. The van der Waals surface area contributed by atoms with E-state index in [9.17, 15) is 0 Å². The molecule has 0 unspecified atom stereocenters. The number of methoxy groups -OCH3 is 2. The topological polar surface area (TPSA) is 68.3 Å². The monoisotopic (exact) mass is 398 g/mol. The summed E-state index contributed by atoms with van der Waals surface area (Å²) in [5.41, 5.74) is 4.91. The van der Waals surface area contributed by atoms with Crippen molar-refractivity contribution in [1.82, 2.24) is 9.97 Å². The molecule has 1 heterocycles. The number of hydrogen-bond donors (Lipinski definition) is 2. The van der Waals surface area contributed by atoms with Crippen LogP contribution in [-0.4, -0.2) is 24.2 Å². The maximum absolute atomic E-state index is 6.17. The van der Waals surface area contributed by atoms with Crippen molar-refractivity contribution in [2.75, 3.05) is 24.9 Å². The Bertz CT molecular complexity index is 1010. The fourth-order valence-electron chi connectivity index (χ4n) is 2.73. The molecule has 6 nitrogen and oxygen atoms in total. The van der Waals surface area contributed by atoms with Crippen LogP contribution in [0.2, 0.25) is 5.02 Å². The fraction of sp³-hybridized carbons (Fsp3) is 0.238. The summed E-state index contributed by atoms with van der Waals surface area (Å²) < 4.78 is 10.7. The molecule has 0 atom stereocenters. The highest BCUT2D eigenvalue weighted by molar-refractivity contribution is 6.32. The number of benzene rings is 2. The molecule has 0 aliphatic heterocycles. The van der Waals surface area contributed by atoms with E-state index in [0.717, 1.165) is 11.4 Å². The summed E-state index contributed by atoms with van der Waals surface area (Å²) in [6.07, 6.45) is 0. The highest BCUT2D eigenvalue weighted by atomic mass is 35.5. The molecule has 0 saturated heterocycles. The van der Waals surface area contributed by atoms with Gasteiger partial charge < -0.3 is 20.1 Å². The SMILES string of the molecule is COc1cc(Nc2nc(C)cc(Nc3ccc(C)c(C)c3)n2)c(OC)cc1Cl. The van der Waals surface area contributed by atoms with Crippen molar-refractivity contribution < 1.29 is 9.47 Å². The Kier molecular flexibility index (Phi) is 5.90. The lowest BCUT2D eigenvalue weighted by atomic mass is 10.1. The third-order valence-corrected chi connectivity index (χ3v) is 4.65. The van der Waals surface area contributed by atoms with Gasteiger partial charge in [-0.3, -0.25) is 0 Å². The van der Waals surface area contributed by atoms with Gasteiger partial charge in [-0.2, -0.15) is 4.98 Å². The number of ether oxygens (including phenoxy) is 2. The van der Waals surface area contributed by atoms with Crippen LogP contribution < -0.4 is 20.1 Å². The van der Waals surface area contributed by atoms with Gasteiger partial charge in [-0.25, -0.2) is 4.98 Å². The van der Waals surface area contributed by atoms with Crippen LogP contribution in [0.3, 0.4) is 0 Å². The van der Waals surface area contributed by atoms with Crippen molar-refractivity contribution >= 4 is 34.7 Å². The Morgan fingerprint density at radius 2 is 1.57 bits per heavy atom. The summed E-state index contributed by atoms with van der Waals surface area (Å²) in [6.45, 7) is 6.08. The number of anilines is 4. The second-order valence-electron chi connectivity index (χ2n) is 6.45. The van der Waals surface area contributed by atoms with Gasteiger partial charge in [0.15, 0.2) is 0 Å². The molecule has 0 fully saturated rings. The van der Waals surface area contributed by atoms with Gasteiger partial charge in [0.1, 0.15) is 17.3 Å². The largest absolute Gasteiger partial charge is 0.495 e. The van der Waals surface area contributed by atoms with Crippen LogP contribution in [0.5, 0.6) is 11.5 Å². The van der Waals surface area contributed by atoms with E-state index in [0.29, 0.717) is 34.0 Å². The maximum atomic E-state index is 6.17. The first kappa shape index (κ1) is 19.8. The lowest BCUT2D eigenvalue weighted by Gasteiger charge is -2.14. The van der Waals surface area contributed by atoms with Crippen molar-refractivity contribution in [1.29, 1.82) is 0 Å². The molecule has 0 spiro atoms. The molecule has 28 heavy (non-hydrogen) atoms. The molecule has 0 aliphatic carbocycles. The zero-order chi connectivity index (χ0) is 20.3. The lowest BCUT2D eigenvalue weighted by molar-refractivity contribution is 0.405. The standard InChI is InChI=1S/C21H23ClN4O2/c1-12-6-7-15(8-13(12)2)24-20-9-14(3)23-21(26-20)25-17-11-18(27-4)16(22)10-19(17)28-5/h6-11H,1-5H3,(H2,23,24,25,26). The van der Waals surface area contributed by atoms with Gasteiger partial charge in [0.2, 0.25) is 5.95 Å². The minimum Gasteiger partial charge on any atom is -0.495 e. The van der Waals surface area contributed by atoms with Crippen molar-refractivity contribution in [3.63, 3.8) is 0 Å². The molecule has 1 aromatic heterocycles. The van der Waals surface area contributed by atoms with Crippen LogP contribution >= 0.6 is 11.6 Å². The zero-order valence-corrected chi connectivity index (χ0v) is 17.3. The Labute approximate surface area is 169 Å². The highest BCUT2D eigenvalue weighted by Gasteiger charge is 2.12. The lowest BCUT2D eigenvalue weighted by Crippen LogP contribution is -2.04. The summed E-state index contributed by atoms with van der Waals surface area (Å²) in [4.78, 5) is 9.03. The molecule has 3 rings (SSSR count). The second kappa shape index (κ2) is 8.35. The molecule has 0 bridgehead atoms. The number of halogens is 1. The van der Waals surface area contributed by atoms with Crippen molar-refractivity contribution in [3.05, 3.63) is 58.2 Å². The van der Waals surface area contributed by atoms with E-state index in [1.807, 2.05) is 19.1 Å². The third-order valence-electron chi connectivity index (χ3n) is 4.35. The van der Waals surface area contributed by atoms with E-state index in [2.05, 4.69) is 46.6 Å². The molecule has 3 aromatic rings. The average molecular weight is 399 g/mol. The van der Waals surface area contributed by atoms with Crippen LogP contribution in [0.25, 0.3) is 0 Å². The molecule has 0 radical (unpaired) electrons. The molecular weight excluding hydrogens is 376 g/mol. The molecular formula is C21H23ClN4O2. The minimum absolute atomic E-state index is 0.439. The van der Waals surface area contributed by atoms with Gasteiger partial charge in [0.25, 0.3) is 0 Å². The van der Waals surface area contributed by atoms with Crippen LogP contribution in [0, 0.1) is 20.8 Å². The third kappa shape index (κ3) is 4.46. The first-order valence-electron chi connectivity index (χ1n) is 8.78. The van der Waals surface area contributed by atoms with E-state index in [1.54, 1.807) is 26.4 Å². The van der Waals surface area contributed by atoms with E-state index in [-0.39, 0.29) is 0 Å². The highest BCUT2D eigenvalue weighted by Crippen LogP contribution is 2.37. The molecule has 2 N–H and O–H groups in total. The number of hydrogen-bond acceptors (Lipinski definition) is 6. The smallest absolute Gasteiger partial charge is 0.229 e.